The molecule has 0 aliphatic carbocycles. The summed E-state index contributed by atoms with van der Waals surface area (Å²) in [5.41, 5.74) is 11.6. The monoisotopic (exact) mass is 322 g/mol. The maximum atomic E-state index is 14.1. The Hall–Kier alpha value is -1.99. The quantitative estimate of drug-likeness (QED) is 0.726. The first-order valence-electron chi connectivity index (χ1n) is 7.83. The lowest BCUT2D eigenvalue weighted by Crippen LogP contribution is -2.47. The van der Waals surface area contributed by atoms with Crippen LogP contribution in [-0.4, -0.2) is 35.8 Å². The Kier molecular flexibility index (Phi) is 6.06. The first-order chi connectivity index (χ1) is 11.0. The lowest BCUT2D eigenvalue weighted by molar-refractivity contribution is -0.124. The second-order valence-corrected chi connectivity index (χ2v) is 5.79. The van der Waals surface area contributed by atoms with Gasteiger partial charge in [-0.15, -0.1) is 0 Å². The summed E-state index contributed by atoms with van der Waals surface area (Å²) in [7, 11) is 0. The number of nitrogens with zero attached hydrogens (tertiary/aromatic N) is 1. The minimum absolute atomic E-state index is 0.136. The molecular formula is C16H23FN4O2. The van der Waals surface area contributed by atoms with E-state index in [1.165, 1.54) is 12.1 Å². The van der Waals surface area contributed by atoms with Crippen LogP contribution in [0.2, 0.25) is 0 Å². The summed E-state index contributed by atoms with van der Waals surface area (Å²) in [4.78, 5) is 25.0. The summed E-state index contributed by atoms with van der Waals surface area (Å²) in [6.45, 7) is 1.45. The lowest BCUT2D eigenvalue weighted by Gasteiger charge is -2.33. The molecule has 1 aromatic carbocycles. The van der Waals surface area contributed by atoms with Crippen molar-refractivity contribution in [1.29, 1.82) is 0 Å². The molecule has 23 heavy (non-hydrogen) atoms. The van der Waals surface area contributed by atoms with Crippen molar-refractivity contribution in [3.8, 4) is 0 Å². The topological polar surface area (TPSA) is 101 Å². The molecule has 5 N–H and O–H groups in total. The number of anilines is 1. The molecule has 0 bridgehead atoms. The number of piperidine rings is 1. The summed E-state index contributed by atoms with van der Waals surface area (Å²) in [5.74, 6) is -1.15. The van der Waals surface area contributed by atoms with Gasteiger partial charge in [0.25, 0.3) is 0 Å². The van der Waals surface area contributed by atoms with Crippen LogP contribution < -0.4 is 16.8 Å². The molecule has 126 valence electrons. The molecule has 7 heteroatoms. The van der Waals surface area contributed by atoms with E-state index in [1.54, 1.807) is 6.07 Å². The standard InChI is InChI=1S/C16H23FN4O2/c17-12-9-11(4-5-13(12)20-15(22)6-7-18)10-21-8-2-1-3-14(21)16(19)23/h4-5,9,14H,1-3,6-8,10,18H2,(H2,19,23)(H,20,22). The third kappa shape index (κ3) is 4.74. The van der Waals surface area contributed by atoms with Crippen LogP contribution in [0.4, 0.5) is 10.1 Å². The number of carbonyl (C=O) groups is 2. The number of primary amides is 1. The fourth-order valence-corrected chi connectivity index (χ4v) is 2.84. The third-order valence-corrected chi connectivity index (χ3v) is 4.01. The molecule has 1 saturated heterocycles. The van der Waals surface area contributed by atoms with E-state index in [-0.39, 0.29) is 36.5 Å². The van der Waals surface area contributed by atoms with Gasteiger partial charge in [-0.1, -0.05) is 12.5 Å². The van der Waals surface area contributed by atoms with Crippen molar-refractivity contribution in [2.24, 2.45) is 11.5 Å². The van der Waals surface area contributed by atoms with E-state index < -0.39 is 5.82 Å². The van der Waals surface area contributed by atoms with Crippen molar-refractivity contribution >= 4 is 17.5 Å². The molecule has 0 spiro atoms. The number of nitrogens with two attached hydrogens (primary N) is 2. The van der Waals surface area contributed by atoms with Crippen molar-refractivity contribution in [2.75, 3.05) is 18.4 Å². The molecule has 1 atom stereocenters. The molecule has 0 aromatic heterocycles. The van der Waals surface area contributed by atoms with Crippen LogP contribution in [0.1, 0.15) is 31.2 Å². The second kappa shape index (κ2) is 8.03. The van der Waals surface area contributed by atoms with E-state index in [0.29, 0.717) is 6.54 Å². The summed E-state index contributed by atoms with van der Waals surface area (Å²) < 4.78 is 14.1. The average molecular weight is 322 g/mol. The van der Waals surface area contributed by atoms with Gasteiger partial charge in [0.1, 0.15) is 5.82 Å². The zero-order valence-electron chi connectivity index (χ0n) is 13.1. The van der Waals surface area contributed by atoms with Gasteiger partial charge in [-0.3, -0.25) is 14.5 Å². The molecule has 1 heterocycles. The molecule has 1 aliphatic heterocycles. The zero-order valence-corrected chi connectivity index (χ0v) is 13.1. The number of amides is 2. The van der Waals surface area contributed by atoms with Gasteiger partial charge < -0.3 is 16.8 Å². The van der Waals surface area contributed by atoms with Crippen LogP contribution in [0.25, 0.3) is 0 Å². The van der Waals surface area contributed by atoms with E-state index >= 15 is 0 Å². The number of benzene rings is 1. The zero-order chi connectivity index (χ0) is 16.8. The highest BCUT2D eigenvalue weighted by molar-refractivity contribution is 5.90. The summed E-state index contributed by atoms with van der Waals surface area (Å²) in [6.07, 6.45) is 2.87. The minimum atomic E-state index is -0.500. The Balaban J connectivity index is 2.04. The molecule has 2 amide bonds. The number of likely N-dealkylation sites (tertiary alicyclic amines) is 1. The molecule has 6 nitrogen and oxygen atoms in total. The number of nitrogens with one attached hydrogen (secondary N) is 1. The van der Waals surface area contributed by atoms with Gasteiger partial charge in [0.15, 0.2) is 0 Å². The third-order valence-electron chi connectivity index (χ3n) is 4.01. The highest BCUT2D eigenvalue weighted by atomic mass is 19.1. The van der Waals surface area contributed by atoms with Gasteiger partial charge in [0.05, 0.1) is 11.7 Å². The van der Waals surface area contributed by atoms with Crippen molar-refractivity contribution in [3.63, 3.8) is 0 Å². The van der Waals surface area contributed by atoms with Gasteiger partial charge in [-0.05, 0) is 37.1 Å². The largest absolute Gasteiger partial charge is 0.368 e. The van der Waals surface area contributed by atoms with E-state index in [9.17, 15) is 14.0 Å². The smallest absolute Gasteiger partial charge is 0.234 e. The first kappa shape index (κ1) is 17.4. The number of halogens is 1. The van der Waals surface area contributed by atoms with Crippen molar-refractivity contribution < 1.29 is 14.0 Å². The predicted octanol–water partition coefficient (Wildman–Crippen LogP) is 0.953. The van der Waals surface area contributed by atoms with E-state index in [4.69, 9.17) is 11.5 Å². The molecule has 0 saturated carbocycles. The van der Waals surface area contributed by atoms with Gasteiger partial charge in [-0.2, -0.15) is 0 Å². The Labute approximate surface area is 135 Å². The van der Waals surface area contributed by atoms with Crippen LogP contribution >= 0.6 is 0 Å². The van der Waals surface area contributed by atoms with Crippen molar-refractivity contribution in [1.82, 2.24) is 4.90 Å². The SMILES string of the molecule is NCCC(=O)Nc1ccc(CN2CCCCC2C(N)=O)cc1F. The molecule has 1 aliphatic rings. The Morgan fingerprint density at radius 3 is 2.78 bits per heavy atom. The Morgan fingerprint density at radius 1 is 1.35 bits per heavy atom. The lowest BCUT2D eigenvalue weighted by atomic mass is 10.0. The number of rotatable bonds is 6. The van der Waals surface area contributed by atoms with Crippen molar-refractivity contribution in [3.05, 3.63) is 29.6 Å². The van der Waals surface area contributed by atoms with Crippen LogP contribution in [0.3, 0.4) is 0 Å². The highest BCUT2D eigenvalue weighted by Crippen LogP contribution is 2.22. The van der Waals surface area contributed by atoms with Gasteiger partial charge in [-0.25, -0.2) is 4.39 Å². The molecule has 1 fully saturated rings. The molecule has 2 rings (SSSR count). The normalized spacial score (nSPS) is 18.6. The van der Waals surface area contributed by atoms with Crippen LogP contribution in [0, 0.1) is 5.82 Å². The van der Waals surface area contributed by atoms with Crippen LogP contribution in [0.15, 0.2) is 18.2 Å². The first-order valence-corrected chi connectivity index (χ1v) is 7.83. The highest BCUT2D eigenvalue weighted by Gasteiger charge is 2.26. The fourth-order valence-electron chi connectivity index (χ4n) is 2.84. The van der Waals surface area contributed by atoms with Gasteiger partial charge in [0.2, 0.25) is 11.8 Å². The van der Waals surface area contributed by atoms with Crippen LogP contribution in [-0.2, 0) is 16.1 Å². The van der Waals surface area contributed by atoms with Crippen molar-refractivity contribution in [2.45, 2.75) is 38.3 Å². The van der Waals surface area contributed by atoms with Gasteiger partial charge in [0, 0.05) is 19.5 Å². The summed E-state index contributed by atoms with van der Waals surface area (Å²) in [5, 5.41) is 2.49. The molecule has 0 radical (unpaired) electrons. The number of hydrogen-bond donors (Lipinski definition) is 3. The van der Waals surface area contributed by atoms with E-state index in [0.717, 1.165) is 31.4 Å². The number of hydrogen-bond acceptors (Lipinski definition) is 4. The molecule has 1 unspecified atom stereocenters. The molecular weight excluding hydrogens is 299 g/mol. The van der Waals surface area contributed by atoms with E-state index in [2.05, 4.69) is 5.32 Å². The summed E-state index contributed by atoms with van der Waals surface area (Å²) >= 11 is 0. The predicted molar refractivity (Wildman–Crippen MR) is 85.9 cm³/mol. The maximum absolute atomic E-state index is 14.1. The van der Waals surface area contributed by atoms with Gasteiger partial charge >= 0.3 is 0 Å². The number of carbonyl (C=O) groups excluding carboxylic acids is 2. The fraction of sp³-hybridized carbons (Fsp3) is 0.500. The molecule has 1 aromatic rings. The second-order valence-electron chi connectivity index (χ2n) is 5.79. The Bertz CT molecular complexity index is 579. The summed E-state index contributed by atoms with van der Waals surface area (Å²) in [6, 6.07) is 4.36. The maximum Gasteiger partial charge on any atom is 0.234 e. The minimum Gasteiger partial charge on any atom is -0.368 e. The van der Waals surface area contributed by atoms with E-state index in [1.807, 2.05) is 4.90 Å². The Morgan fingerprint density at radius 2 is 2.13 bits per heavy atom. The average Bonchev–Trinajstić information content (AvgIpc) is 2.50. The van der Waals surface area contributed by atoms with Crippen LogP contribution in [0.5, 0.6) is 0 Å².